The summed E-state index contributed by atoms with van der Waals surface area (Å²) in [6, 6.07) is 14.8. The number of rotatable bonds is 8. The van der Waals surface area contributed by atoms with Crippen LogP contribution >= 0.6 is 11.6 Å². The highest BCUT2D eigenvalue weighted by Crippen LogP contribution is 2.19. The Kier molecular flexibility index (Phi) is 6.94. The lowest BCUT2D eigenvalue weighted by Gasteiger charge is -2.17. The number of nitrogens with one attached hydrogen (secondary N) is 1. The minimum atomic E-state index is -0.553. The van der Waals surface area contributed by atoms with Crippen LogP contribution in [-0.4, -0.2) is 25.2 Å². The molecule has 0 aliphatic rings. The molecule has 0 fully saturated rings. The molecule has 5 heteroatoms. The van der Waals surface area contributed by atoms with E-state index in [0.29, 0.717) is 30.3 Å². The highest BCUT2D eigenvalue weighted by atomic mass is 35.5. The third-order valence-corrected chi connectivity index (χ3v) is 3.63. The molecule has 0 aliphatic carbocycles. The fourth-order valence-electron chi connectivity index (χ4n) is 2.19. The number of halogens is 1. The van der Waals surface area contributed by atoms with Crippen LogP contribution in [0.25, 0.3) is 0 Å². The molecule has 0 unspecified atom stereocenters. The number of aryl methyl sites for hydroxylation is 1. The van der Waals surface area contributed by atoms with Gasteiger partial charge in [-0.1, -0.05) is 36.7 Å². The Bertz CT molecular complexity index is 675. The molecule has 2 rings (SSSR count). The van der Waals surface area contributed by atoms with E-state index in [4.69, 9.17) is 21.1 Å². The van der Waals surface area contributed by atoms with Gasteiger partial charge in [-0.25, -0.2) is 0 Å². The molecule has 0 heterocycles. The molecule has 2 aromatic rings. The van der Waals surface area contributed by atoms with Crippen molar-refractivity contribution in [3.05, 3.63) is 59.1 Å². The van der Waals surface area contributed by atoms with Crippen molar-refractivity contribution in [1.29, 1.82) is 0 Å². The van der Waals surface area contributed by atoms with Gasteiger partial charge in [0.15, 0.2) is 6.10 Å². The van der Waals surface area contributed by atoms with E-state index in [1.165, 1.54) is 0 Å². The Morgan fingerprint density at radius 2 is 1.92 bits per heavy atom. The molecule has 24 heavy (non-hydrogen) atoms. The summed E-state index contributed by atoms with van der Waals surface area (Å²) in [5.74, 6) is 1.22. The maximum atomic E-state index is 12.2. The fourth-order valence-corrected chi connectivity index (χ4v) is 2.37. The van der Waals surface area contributed by atoms with Gasteiger partial charge in [-0.05, 0) is 49.2 Å². The van der Waals surface area contributed by atoms with Gasteiger partial charge in [0.05, 0.1) is 6.54 Å². The Balaban J connectivity index is 1.77. The molecule has 4 nitrogen and oxygen atoms in total. The molecule has 0 saturated heterocycles. The van der Waals surface area contributed by atoms with Crippen LogP contribution in [0.3, 0.4) is 0 Å². The van der Waals surface area contributed by atoms with Crippen molar-refractivity contribution >= 4 is 17.5 Å². The summed E-state index contributed by atoms with van der Waals surface area (Å²) in [7, 11) is 0. The third-order valence-electron chi connectivity index (χ3n) is 3.40. The van der Waals surface area contributed by atoms with E-state index in [-0.39, 0.29) is 5.91 Å². The topological polar surface area (TPSA) is 47.6 Å². The van der Waals surface area contributed by atoms with Crippen molar-refractivity contribution in [2.45, 2.75) is 26.4 Å². The highest BCUT2D eigenvalue weighted by molar-refractivity contribution is 6.30. The normalized spacial score (nSPS) is 11.6. The van der Waals surface area contributed by atoms with E-state index in [9.17, 15) is 4.79 Å². The molecule has 1 amide bonds. The van der Waals surface area contributed by atoms with Crippen LogP contribution in [0, 0.1) is 6.92 Å². The monoisotopic (exact) mass is 347 g/mol. The first kappa shape index (κ1) is 18.1. The first-order valence-corrected chi connectivity index (χ1v) is 8.35. The summed E-state index contributed by atoms with van der Waals surface area (Å²) in [4.78, 5) is 12.2. The number of carbonyl (C=O) groups is 1. The summed E-state index contributed by atoms with van der Waals surface area (Å²) in [5.41, 5.74) is 1.14. The summed E-state index contributed by atoms with van der Waals surface area (Å²) in [6.45, 7) is 4.73. The van der Waals surface area contributed by atoms with E-state index >= 15 is 0 Å². The zero-order valence-corrected chi connectivity index (χ0v) is 14.7. The maximum absolute atomic E-state index is 12.2. The zero-order chi connectivity index (χ0) is 17.4. The van der Waals surface area contributed by atoms with Gasteiger partial charge in [-0.15, -0.1) is 0 Å². The molecule has 0 bridgehead atoms. The smallest absolute Gasteiger partial charge is 0.261 e. The van der Waals surface area contributed by atoms with E-state index in [2.05, 4.69) is 5.32 Å². The largest absolute Gasteiger partial charge is 0.492 e. The van der Waals surface area contributed by atoms with Crippen molar-refractivity contribution in [2.75, 3.05) is 13.2 Å². The second kappa shape index (κ2) is 9.18. The zero-order valence-electron chi connectivity index (χ0n) is 13.9. The van der Waals surface area contributed by atoms with Crippen LogP contribution < -0.4 is 14.8 Å². The summed E-state index contributed by atoms with van der Waals surface area (Å²) >= 11 is 5.93. The number of carbonyl (C=O) groups excluding carboxylic acids is 1. The SMILES string of the molecule is CC[C@H](Oc1cccc(Cl)c1)C(=O)NCCOc1cccc(C)c1. The maximum Gasteiger partial charge on any atom is 0.261 e. The first-order chi connectivity index (χ1) is 11.6. The molecule has 0 spiro atoms. The minimum Gasteiger partial charge on any atom is -0.492 e. The van der Waals surface area contributed by atoms with Gasteiger partial charge in [-0.3, -0.25) is 4.79 Å². The van der Waals surface area contributed by atoms with Gasteiger partial charge in [0.25, 0.3) is 5.91 Å². The van der Waals surface area contributed by atoms with Crippen LogP contribution in [0.4, 0.5) is 0 Å². The predicted octanol–water partition coefficient (Wildman–Crippen LogP) is 4.00. The molecule has 2 aromatic carbocycles. The lowest BCUT2D eigenvalue weighted by molar-refractivity contribution is -0.128. The van der Waals surface area contributed by atoms with Gasteiger partial charge in [0.2, 0.25) is 0 Å². The molecular formula is C19H22ClNO3. The summed E-state index contributed by atoms with van der Waals surface area (Å²) in [6.07, 6.45) is 0.0133. The van der Waals surface area contributed by atoms with Gasteiger partial charge in [0.1, 0.15) is 18.1 Å². The van der Waals surface area contributed by atoms with Crippen molar-refractivity contribution < 1.29 is 14.3 Å². The lowest BCUT2D eigenvalue weighted by Crippen LogP contribution is -2.39. The number of amides is 1. The molecular weight excluding hydrogens is 326 g/mol. The second-order valence-corrected chi connectivity index (χ2v) is 5.86. The Hall–Kier alpha value is -2.20. The van der Waals surface area contributed by atoms with Gasteiger partial charge in [0, 0.05) is 5.02 Å². The van der Waals surface area contributed by atoms with Crippen LogP contribution in [-0.2, 0) is 4.79 Å². The minimum absolute atomic E-state index is 0.162. The Morgan fingerprint density at radius 1 is 1.17 bits per heavy atom. The van der Waals surface area contributed by atoms with E-state index < -0.39 is 6.10 Å². The van der Waals surface area contributed by atoms with Crippen molar-refractivity contribution in [3.8, 4) is 11.5 Å². The molecule has 128 valence electrons. The van der Waals surface area contributed by atoms with Gasteiger partial charge in [-0.2, -0.15) is 0 Å². The average Bonchev–Trinajstić information content (AvgIpc) is 2.56. The predicted molar refractivity (Wildman–Crippen MR) is 95.8 cm³/mol. The van der Waals surface area contributed by atoms with Crippen LogP contribution in [0.5, 0.6) is 11.5 Å². The van der Waals surface area contributed by atoms with Crippen LogP contribution in [0.15, 0.2) is 48.5 Å². The molecule has 1 atom stereocenters. The lowest BCUT2D eigenvalue weighted by atomic mass is 10.2. The Labute approximate surface area is 147 Å². The number of benzene rings is 2. The van der Waals surface area contributed by atoms with Crippen LogP contribution in [0.1, 0.15) is 18.9 Å². The quantitative estimate of drug-likeness (QED) is 0.734. The number of ether oxygens (including phenoxy) is 2. The fraction of sp³-hybridized carbons (Fsp3) is 0.316. The van der Waals surface area contributed by atoms with Crippen molar-refractivity contribution in [1.82, 2.24) is 5.32 Å². The van der Waals surface area contributed by atoms with Crippen molar-refractivity contribution in [2.24, 2.45) is 0 Å². The molecule has 0 saturated carbocycles. The average molecular weight is 348 g/mol. The number of hydrogen-bond donors (Lipinski definition) is 1. The number of hydrogen-bond acceptors (Lipinski definition) is 3. The van der Waals surface area contributed by atoms with Gasteiger partial charge >= 0.3 is 0 Å². The van der Waals surface area contributed by atoms with Gasteiger partial charge < -0.3 is 14.8 Å². The standard InChI is InChI=1S/C19H22ClNO3/c1-3-18(24-17-9-5-7-15(20)13-17)19(22)21-10-11-23-16-8-4-6-14(2)12-16/h4-9,12-13,18H,3,10-11H2,1-2H3,(H,21,22)/t18-/m0/s1. The molecule has 0 radical (unpaired) electrons. The summed E-state index contributed by atoms with van der Waals surface area (Å²) < 4.78 is 11.3. The molecule has 0 aromatic heterocycles. The van der Waals surface area contributed by atoms with Crippen molar-refractivity contribution in [3.63, 3.8) is 0 Å². The van der Waals surface area contributed by atoms with E-state index in [1.807, 2.05) is 38.1 Å². The molecule has 0 aliphatic heterocycles. The molecule has 1 N–H and O–H groups in total. The highest BCUT2D eigenvalue weighted by Gasteiger charge is 2.17. The van der Waals surface area contributed by atoms with Crippen LogP contribution in [0.2, 0.25) is 5.02 Å². The first-order valence-electron chi connectivity index (χ1n) is 7.98. The second-order valence-electron chi connectivity index (χ2n) is 5.43. The van der Waals surface area contributed by atoms with E-state index in [0.717, 1.165) is 11.3 Å². The third kappa shape index (κ3) is 5.78. The Morgan fingerprint density at radius 3 is 2.62 bits per heavy atom. The summed E-state index contributed by atoms with van der Waals surface area (Å²) in [5, 5.41) is 3.41. The van der Waals surface area contributed by atoms with E-state index in [1.54, 1.807) is 24.3 Å².